The molecule has 1 aromatic carbocycles. The van der Waals surface area contributed by atoms with Gasteiger partial charge in [0.2, 0.25) is 0 Å². The molecule has 0 amide bonds. The number of methoxy groups -OCH3 is 1. The molecule has 0 aromatic heterocycles. The number of halogens is 1. The topological polar surface area (TPSA) is 72.5 Å². The number of carbonyl (C=O) groups is 1. The average Bonchev–Trinajstić information content (AvgIpc) is 2.26. The van der Waals surface area contributed by atoms with Crippen molar-refractivity contribution in [2.24, 2.45) is 5.73 Å². The highest BCUT2D eigenvalue weighted by molar-refractivity contribution is 9.10. The van der Waals surface area contributed by atoms with E-state index in [0.717, 1.165) is 0 Å². The van der Waals surface area contributed by atoms with E-state index in [-0.39, 0.29) is 12.3 Å². The molecule has 0 bridgehead atoms. The Morgan fingerprint density at radius 2 is 2.33 bits per heavy atom. The molecular weight excluding hydrogens is 262 g/mol. The second-order valence-corrected chi connectivity index (χ2v) is 3.82. The highest BCUT2D eigenvalue weighted by atomic mass is 79.9. The van der Waals surface area contributed by atoms with E-state index in [0.29, 0.717) is 15.8 Å². The molecule has 1 unspecified atom stereocenters. The monoisotopic (exact) mass is 273 g/mol. The Bertz CT molecular complexity index is 368. The van der Waals surface area contributed by atoms with Crippen LogP contribution in [0.3, 0.4) is 0 Å². The Balaban J connectivity index is 2.97. The molecule has 0 heterocycles. The van der Waals surface area contributed by atoms with Crippen LogP contribution in [0.1, 0.15) is 10.4 Å². The molecular formula is C10H12BrNO3. The van der Waals surface area contributed by atoms with Crippen molar-refractivity contribution in [3.63, 3.8) is 0 Å². The number of hydrogen-bond acceptors (Lipinski definition) is 4. The Kier molecular flexibility index (Phi) is 4.26. The van der Waals surface area contributed by atoms with Crippen LogP contribution < -0.4 is 10.5 Å². The van der Waals surface area contributed by atoms with Crippen molar-refractivity contribution in [1.82, 2.24) is 0 Å². The fourth-order valence-corrected chi connectivity index (χ4v) is 1.66. The summed E-state index contributed by atoms with van der Waals surface area (Å²) in [5, 5.41) is 9.28. The second kappa shape index (κ2) is 5.25. The van der Waals surface area contributed by atoms with E-state index in [1.54, 1.807) is 18.2 Å². The zero-order chi connectivity index (χ0) is 11.4. The van der Waals surface area contributed by atoms with E-state index < -0.39 is 6.10 Å². The van der Waals surface area contributed by atoms with Crippen LogP contribution in [-0.2, 0) is 0 Å². The van der Waals surface area contributed by atoms with E-state index in [9.17, 15) is 9.90 Å². The minimum Gasteiger partial charge on any atom is -0.496 e. The van der Waals surface area contributed by atoms with Gasteiger partial charge in [-0.05, 0) is 34.1 Å². The molecule has 0 radical (unpaired) electrons. The summed E-state index contributed by atoms with van der Waals surface area (Å²) in [4.78, 5) is 11.5. The van der Waals surface area contributed by atoms with Gasteiger partial charge in [-0.2, -0.15) is 0 Å². The van der Waals surface area contributed by atoms with Gasteiger partial charge < -0.3 is 15.6 Å². The molecule has 3 N–H and O–H groups in total. The lowest BCUT2D eigenvalue weighted by molar-refractivity contribution is 0.0763. The van der Waals surface area contributed by atoms with Crippen molar-refractivity contribution < 1.29 is 14.6 Å². The summed E-state index contributed by atoms with van der Waals surface area (Å²) < 4.78 is 5.69. The van der Waals surface area contributed by atoms with Crippen molar-refractivity contribution in [3.8, 4) is 5.75 Å². The molecule has 4 nitrogen and oxygen atoms in total. The summed E-state index contributed by atoms with van der Waals surface area (Å²) in [6, 6.07) is 4.84. The number of ether oxygens (including phenoxy) is 1. The number of hydrogen-bond donors (Lipinski definition) is 2. The van der Waals surface area contributed by atoms with Crippen LogP contribution in [0.5, 0.6) is 5.75 Å². The van der Waals surface area contributed by atoms with E-state index >= 15 is 0 Å². The number of rotatable bonds is 4. The molecule has 0 aliphatic heterocycles. The largest absolute Gasteiger partial charge is 0.496 e. The molecule has 5 heteroatoms. The van der Waals surface area contributed by atoms with Crippen LogP contribution in [0.4, 0.5) is 0 Å². The number of aliphatic hydroxyl groups excluding tert-OH is 1. The van der Waals surface area contributed by atoms with Crippen molar-refractivity contribution >= 4 is 21.7 Å². The summed E-state index contributed by atoms with van der Waals surface area (Å²) in [5.74, 6) is 0.245. The molecule has 0 saturated heterocycles. The Hall–Kier alpha value is -0.910. The van der Waals surface area contributed by atoms with Gasteiger partial charge in [0.05, 0.1) is 11.6 Å². The van der Waals surface area contributed by atoms with Gasteiger partial charge in [0, 0.05) is 12.1 Å². The van der Waals surface area contributed by atoms with E-state index in [1.165, 1.54) is 7.11 Å². The first-order valence-corrected chi connectivity index (χ1v) is 5.15. The second-order valence-electron chi connectivity index (χ2n) is 2.97. The van der Waals surface area contributed by atoms with Gasteiger partial charge in [-0.1, -0.05) is 0 Å². The lowest BCUT2D eigenvalue weighted by Crippen LogP contribution is -2.29. The molecule has 1 rings (SSSR count). The minimum atomic E-state index is -1.15. The molecule has 1 atom stereocenters. The van der Waals surface area contributed by atoms with Crippen LogP contribution in [0, 0.1) is 0 Å². The molecule has 0 aliphatic carbocycles. The highest BCUT2D eigenvalue weighted by Gasteiger charge is 2.16. The molecule has 82 valence electrons. The first-order chi connectivity index (χ1) is 7.10. The summed E-state index contributed by atoms with van der Waals surface area (Å²) in [7, 11) is 1.54. The molecule has 15 heavy (non-hydrogen) atoms. The highest BCUT2D eigenvalue weighted by Crippen LogP contribution is 2.25. The third-order valence-electron chi connectivity index (χ3n) is 1.96. The van der Waals surface area contributed by atoms with Crippen LogP contribution in [0.25, 0.3) is 0 Å². The Morgan fingerprint density at radius 3 is 2.80 bits per heavy atom. The number of Topliss-reactive ketones (excluding diaryl/α,β-unsaturated/α-hetero) is 1. The molecule has 0 aliphatic rings. The van der Waals surface area contributed by atoms with Gasteiger partial charge in [-0.15, -0.1) is 0 Å². The van der Waals surface area contributed by atoms with Gasteiger partial charge in [0.15, 0.2) is 5.78 Å². The van der Waals surface area contributed by atoms with Crippen molar-refractivity contribution in [1.29, 1.82) is 0 Å². The standard InChI is InChI=1S/C10H12BrNO3/c1-15-9-3-2-6(4-7(9)11)10(14)8(13)5-12/h2-4,8,13H,5,12H2,1H3. The number of ketones is 1. The van der Waals surface area contributed by atoms with Crippen LogP contribution >= 0.6 is 15.9 Å². The maximum absolute atomic E-state index is 11.5. The summed E-state index contributed by atoms with van der Waals surface area (Å²) >= 11 is 3.26. The van der Waals surface area contributed by atoms with Crippen molar-refractivity contribution in [2.45, 2.75) is 6.10 Å². The van der Waals surface area contributed by atoms with E-state index in [2.05, 4.69) is 15.9 Å². The Morgan fingerprint density at radius 1 is 1.67 bits per heavy atom. The van der Waals surface area contributed by atoms with Crippen molar-refractivity contribution in [2.75, 3.05) is 13.7 Å². The van der Waals surface area contributed by atoms with Crippen molar-refractivity contribution in [3.05, 3.63) is 28.2 Å². The SMILES string of the molecule is COc1ccc(C(=O)C(O)CN)cc1Br. The summed E-state index contributed by atoms with van der Waals surface area (Å²) in [5.41, 5.74) is 5.60. The number of carbonyl (C=O) groups excluding carboxylic acids is 1. The van der Waals surface area contributed by atoms with Gasteiger partial charge in [-0.3, -0.25) is 4.79 Å². The fraction of sp³-hybridized carbons (Fsp3) is 0.300. The average molecular weight is 274 g/mol. The maximum atomic E-state index is 11.5. The number of nitrogens with two attached hydrogens (primary N) is 1. The first kappa shape index (κ1) is 12.2. The number of benzene rings is 1. The van der Waals surface area contributed by atoms with Crippen LogP contribution in [0.2, 0.25) is 0 Å². The normalized spacial score (nSPS) is 12.3. The third-order valence-corrected chi connectivity index (χ3v) is 2.58. The smallest absolute Gasteiger partial charge is 0.192 e. The van der Waals surface area contributed by atoms with Gasteiger partial charge >= 0.3 is 0 Å². The number of aliphatic hydroxyl groups is 1. The van der Waals surface area contributed by atoms with Gasteiger partial charge in [0.1, 0.15) is 11.9 Å². The predicted molar refractivity (Wildman–Crippen MR) is 60.1 cm³/mol. The van der Waals surface area contributed by atoms with Crippen LogP contribution in [-0.4, -0.2) is 30.6 Å². The summed E-state index contributed by atoms with van der Waals surface area (Å²) in [6.07, 6.45) is -1.15. The molecule has 0 spiro atoms. The predicted octanol–water partition coefficient (Wildman–Crippen LogP) is 0.960. The lowest BCUT2D eigenvalue weighted by Gasteiger charge is -2.08. The lowest BCUT2D eigenvalue weighted by atomic mass is 10.1. The molecule has 0 saturated carbocycles. The molecule has 0 fully saturated rings. The third kappa shape index (κ3) is 2.77. The maximum Gasteiger partial charge on any atom is 0.192 e. The van der Waals surface area contributed by atoms with E-state index in [1.807, 2.05) is 0 Å². The first-order valence-electron chi connectivity index (χ1n) is 4.36. The van der Waals surface area contributed by atoms with E-state index in [4.69, 9.17) is 10.5 Å². The minimum absolute atomic E-state index is 0.0809. The zero-order valence-corrected chi connectivity index (χ0v) is 9.82. The van der Waals surface area contributed by atoms with Crippen LogP contribution in [0.15, 0.2) is 22.7 Å². The summed E-state index contributed by atoms with van der Waals surface area (Å²) in [6.45, 7) is -0.0809. The molecule has 1 aromatic rings. The zero-order valence-electron chi connectivity index (χ0n) is 8.24. The fourth-order valence-electron chi connectivity index (χ4n) is 1.12. The Labute approximate surface area is 96.2 Å². The quantitative estimate of drug-likeness (QED) is 0.802. The van der Waals surface area contributed by atoms with Gasteiger partial charge in [-0.25, -0.2) is 0 Å². The van der Waals surface area contributed by atoms with Gasteiger partial charge in [0.25, 0.3) is 0 Å².